The number of aromatic nitrogens is 1. The Kier molecular flexibility index (Phi) is 5.74. The maximum Gasteiger partial charge on any atom is 0.417 e. The Labute approximate surface area is 160 Å². The van der Waals surface area contributed by atoms with Crippen molar-refractivity contribution >= 4 is 16.9 Å². The number of H-pyrrole nitrogens is 1. The van der Waals surface area contributed by atoms with E-state index in [1.807, 2.05) is 0 Å². The summed E-state index contributed by atoms with van der Waals surface area (Å²) in [5.41, 5.74) is 7.43. The molecule has 0 atom stereocenters. The Hall–Kier alpha value is -2.80. The molecule has 148 valence electrons. The number of fused-ring (bicyclic) bond motifs is 1. The molecule has 3 aromatic rings. The highest BCUT2D eigenvalue weighted by molar-refractivity contribution is 5.92. The van der Waals surface area contributed by atoms with Crippen molar-refractivity contribution in [1.29, 1.82) is 0 Å². The predicted molar refractivity (Wildman–Crippen MR) is 102 cm³/mol. The number of unbranched alkanes of at least 4 members (excludes halogenated alkanes) is 1. The smallest absolute Gasteiger partial charge is 0.417 e. The first kappa shape index (κ1) is 19.9. The van der Waals surface area contributed by atoms with Crippen LogP contribution in [-0.2, 0) is 23.8 Å². The lowest BCUT2D eigenvalue weighted by molar-refractivity contribution is -0.137. The lowest BCUT2D eigenvalue weighted by Gasteiger charge is -2.13. The van der Waals surface area contributed by atoms with Gasteiger partial charge >= 0.3 is 12.1 Å². The van der Waals surface area contributed by atoms with Gasteiger partial charge in [-0.3, -0.25) is 4.79 Å². The summed E-state index contributed by atoms with van der Waals surface area (Å²) in [5.74, 6) is -0.956. The molecule has 1 aromatic heterocycles. The molecule has 2 aromatic carbocycles. The minimum atomic E-state index is -4.48. The molecular weight excluding hydrogens is 369 g/mol. The molecule has 0 aliphatic carbocycles. The largest absolute Gasteiger partial charge is 0.481 e. The Morgan fingerprint density at radius 3 is 2.54 bits per heavy atom. The van der Waals surface area contributed by atoms with E-state index in [4.69, 9.17) is 10.8 Å². The zero-order valence-electron chi connectivity index (χ0n) is 15.1. The van der Waals surface area contributed by atoms with Crippen molar-refractivity contribution in [2.75, 3.05) is 6.54 Å². The van der Waals surface area contributed by atoms with E-state index in [9.17, 15) is 18.0 Å². The maximum atomic E-state index is 13.5. The standard InChI is InChI=1S/C21H21F3N2O2/c22-21(23,24)17-7-2-1-6-15(17)20-14(5-3-4-10-25)16-11-13(12-19(27)28)8-9-18(16)26-20/h1-2,6-9,11,26H,3-5,10,12,25H2,(H,27,28). The molecule has 0 saturated carbocycles. The molecule has 0 amide bonds. The van der Waals surface area contributed by atoms with Crippen LogP contribution >= 0.6 is 0 Å². The molecule has 1 heterocycles. The van der Waals surface area contributed by atoms with Crippen molar-refractivity contribution in [2.24, 2.45) is 5.73 Å². The number of hydrogen-bond donors (Lipinski definition) is 3. The molecular formula is C21H21F3N2O2. The molecule has 4 nitrogen and oxygen atoms in total. The monoisotopic (exact) mass is 390 g/mol. The van der Waals surface area contributed by atoms with Crippen LogP contribution in [0.5, 0.6) is 0 Å². The molecule has 0 saturated heterocycles. The Morgan fingerprint density at radius 2 is 1.86 bits per heavy atom. The van der Waals surface area contributed by atoms with Gasteiger partial charge in [-0.25, -0.2) is 0 Å². The number of aryl methyl sites for hydroxylation is 1. The molecule has 0 unspecified atom stereocenters. The fourth-order valence-corrected chi connectivity index (χ4v) is 3.46. The number of rotatable bonds is 7. The van der Waals surface area contributed by atoms with Gasteiger partial charge < -0.3 is 15.8 Å². The number of nitrogens with two attached hydrogens (primary N) is 1. The number of aliphatic carboxylic acids is 1. The quantitative estimate of drug-likeness (QED) is 0.509. The average Bonchev–Trinajstić information content (AvgIpc) is 2.99. The molecule has 0 spiro atoms. The normalized spacial score (nSPS) is 11.9. The highest BCUT2D eigenvalue weighted by Gasteiger charge is 2.34. The Balaban J connectivity index is 2.19. The SMILES string of the molecule is NCCCCc1c(-c2ccccc2C(F)(F)F)[nH]c2ccc(CC(=O)O)cc12. The number of carbonyl (C=O) groups is 1. The number of alkyl halides is 3. The summed E-state index contributed by atoms with van der Waals surface area (Å²) in [6, 6.07) is 10.6. The molecule has 7 heteroatoms. The molecule has 3 rings (SSSR count). The molecule has 0 aliphatic rings. The molecule has 0 bridgehead atoms. The minimum absolute atomic E-state index is 0.0914. The molecule has 0 fully saturated rings. The van der Waals surface area contributed by atoms with E-state index in [0.717, 1.165) is 29.9 Å². The zero-order valence-corrected chi connectivity index (χ0v) is 15.1. The number of benzene rings is 2. The number of aromatic amines is 1. The average molecular weight is 390 g/mol. The fraction of sp³-hybridized carbons (Fsp3) is 0.286. The third kappa shape index (κ3) is 4.20. The predicted octanol–water partition coefficient (Wildman–Crippen LogP) is 4.76. The third-order valence-electron chi connectivity index (χ3n) is 4.71. The number of carboxylic acid groups (broad SMARTS) is 1. The highest BCUT2D eigenvalue weighted by Crippen LogP contribution is 2.40. The lowest BCUT2D eigenvalue weighted by Crippen LogP contribution is -2.07. The summed E-state index contributed by atoms with van der Waals surface area (Å²) in [4.78, 5) is 14.2. The van der Waals surface area contributed by atoms with E-state index in [-0.39, 0.29) is 12.0 Å². The minimum Gasteiger partial charge on any atom is -0.481 e. The topological polar surface area (TPSA) is 79.1 Å². The third-order valence-corrected chi connectivity index (χ3v) is 4.71. The van der Waals surface area contributed by atoms with Gasteiger partial charge in [0.15, 0.2) is 0 Å². The van der Waals surface area contributed by atoms with Crippen molar-refractivity contribution in [2.45, 2.75) is 31.9 Å². The Bertz CT molecular complexity index is 993. The van der Waals surface area contributed by atoms with Crippen molar-refractivity contribution in [3.05, 3.63) is 59.2 Å². The second-order valence-electron chi connectivity index (χ2n) is 6.72. The van der Waals surface area contributed by atoms with Crippen molar-refractivity contribution < 1.29 is 23.1 Å². The highest BCUT2D eigenvalue weighted by atomic mass is 19.4. The van der Waals surface area contributed by atoms with Crippen LogP contribution < -0.4 is 5.73 Å². The van der Waals surface area contributed by atoms with Crippen LogP contribution in [0.1, 0.15) is 29.5 Å². The number of hydrogen-bond acceptors (Lipinski definition) is 2. The van der Waals surface area contributed by atoms with Crippen LogP contribution in [0.3, 0.4) is 0 Å². The number of carboxylic acids is 1. The van der Waals surface area contributed by atoms with Gasteiger partial charge in [0.2, 0.25) is 0 Å². The van der Waals surface area contributed by atoms with E-state index in [1.54, 1.807) is 24.3 Å². The van der Waals surface area contributed by atoms with Gasteiger partial charge in [0, 0.05) is 16.5 Å². The van der Waals surface area contributed by atoms with E-state index in [1.165, 1.54) is 12.1 Å². The van der Waals surface area contributed by atoms with Crippen LogP contribution in [0, 0.1) is 0 Å². The van der Waals surface area contributed by atoms with Gasteiger partial charge in [0.05, 0.1) is 17.7 Å². The molecule has 28 heavy (non-hydrogen) atoms. The van der Waals surface area contributed by atoms with Crippen LogP contribution in [-0.4, -0.2) is 22.6 Å². The maximum absolute atomic E-state index is 13.5. The van der Waals surface area contributed by atoms with E-state index in [0.29, 0.717) is 29.7 Å². The van der Waals surface area contributed by atoms with Crippen LogP contribution in [0.4, 0.5) is 13.2 Å². The Morgan fingerprint density at radius 1 is 1.11 bits per heavy atom. The van der Waals surface area contributed by atoms with Crippen LogP contribution in [0.15, 0.2) is 42.5 Å². The van der Waals surface area contributed by atoms with Gasteiger partial charge in [-0.2, -0.15) is 13.2 Å². The summed E-state index contributed by atoms with van der Waals surface area (Å²) < 4.78 is 40.6. The van der Waals surface area contributed by atoms with E-state index >= 15 is 0 Å². The van der Waals surface area contributed by atoms with Crippen molar-refractivity contribution in [1.82, 2.24) is 4.98 Å². The number of nitrogens with one attached hydrogen (secondary N) is 1. The summed E-state index contributed by atoms with van der Waals surface area (Å²) >= 11 is 0. The summed E-state index contributed by atoms with van der Waals surface area (Å²) in [6.45, 7) is 0.501. The van der Waals surface area contributed by atoms with Gasteiger partial charge in [0.25, 0.3) is 0 Å². The lowest BCUT2D eigenvalue weighted by atomic mass is 9.96. The van der Waals surface area contributed by atoms with Gasteiger partial charge in [-0.05, 0) is 55.1 Å². The van der Waals surface area contributed by atoms with E-state index < -0.39 is 17.7 Å². The first-order chi connectivity index (χ1) is 13.3. The first-order valence-electron chi connectivity index (χ1n) is 9.03. The molecule has 0 aliphatic heterocycles. The summed E-state index contributed by atoms with van der Waals surface area (Å²) in [7, 11) is 0. The summed E-state index contributed by atoms with van der Waals surface area (Å²) in [5, 5.41) is 9.80. The number of halogens is 3. The van der Waals surface area contributed by atoms with Crippen molar-refractivity contribution in [3.63, 3.8) is 0 Å². The molecule has 0 radical (unpaired) electrons. The first-order valence-corrected chi connectivity index (χ1v) is 9.03. The van der Waals surface area contributed by atoms with Gasteiger partial charge in [-0.15, -0.1) is 0 Å². The molecule has 4 N–H and O–H groups in total. The van der Waals surface area contributed by atoms with Crippen LogP contribution in [0.25, 0.3) is 22.2 Å². The van der Waals surface area contributed by atoms with Crippen molar-refractivity contribution in [3.8, 4) is 11.3 Å². The van der Waals surface area contributed by atoms with E-state index in [2.05, 4.69) is 4.98 Å². The second kappa shape index (κ2) is 8.06. The zero-order chi connectivity index (χ0) is 20.3. The van der Waals surface area contributed by atoms with Gasteiger partial charge in [-0.1, -0.05) is 24.3 Å². The van der Waals surface area contributed by atoms with Gasteiger partial charge in [0.1, 0.15) is 0 Å². The second-order valence-corrected chi connectivity index (χ2v) is 6.72. The summed E-state index contributed by atoms with van der Waals surface area (Å²) in [6.07, 6.45) is -2.58. The van der Waals surface area contributed by atoms with Crippen LogP contribution in [0.2, 0.25) is 0 Å². The fourth-order valence-electron chi connectivity index (χ4n) is 3.46.